The number of allylic oxidation sites excluding steroid dienone is 2. The lowest BCUT2D eigenvalue weighted by Gasteiger charge is -2.16. The SMILES string of the molecule is C=Cc1c(C)ccc2c(=C)c3/c(c(=C)c12)=C\C=C(\C)C(C)C/C=3C.CC. The minimum Gasteiger partial charge on any atom is -0.0984 e. The van der Waals surface area contributed by atoms with Crippen molar-refractivity contribution in [2.24, 2.45) is 5.92 Å². The van der Waals surface area contributed by atoms with Crippen LogP contribution in [0.15, 0.2) is 30.4 Å². The van der Waals surface area contributed by atoms with Crippen LogP contribution in [0.4, 0.5) is 0 Å². The quantitative estimate of drug-likeness (QED) is 0.710. The fourth-order valence-corrected chi connectivity index (χ4v) is 3.92. The zero-order chi connectivity index (χ0) is 19.6. The first-order valence-electron chi connectivity index (χ1n) is 9.60. The van der Waals surface area contributed by atoms with Crippen molar-refractivity contribution in [1.29, 1.82) is 0 Å². The van der Waals surface area contributed by atoms with Crippen molar-refractivity contribution in [3.8, 4) is 0 Å². The Labute approximate surface area is 158 Å². The molecule has 0 nitrogen and oxygen atoms in total. The predicted octanol–water partition coefficient (Wildman–Crippen LogP) is 4.58. The minimum atomic E-state index is 0.555. The normalized spacial score (nSPS) is 21.8. The molecule has 1 aliphatic carbocycles. The van der Waals surface area contributed by atoms with E-state index in [-0.39, 0.29) is 0 Å². The first kappa shape index (κ1) is 20.0. The lowest BCUT2D eigenvalue weighted by molar-refractivity contribution is 0.700. The molecule has 2 aromatic carbocycles. The van der Waals surface area contributed by atoms with Crippen molar-refractivity contribution in [3.05, 3.63) is 62.4 Å². The summed E-state index contributed by atoms with van der Waals surface area (Å²) in [5.41, 5.74) is 5.22. The molecule has 0 saturated carbocycles. The van der Waals surface area contributed by atoms with E-state index in [0.717, 1.165) is 16.9 Å². The van der Waals surface area contributed by atoms with Crippen LogP contribution in [0.1, 0.15) is 52.2 Å². The van der Waals surface area contributed by atoms with Crippen LogP contribution in [0, 0.1) is 12.8 Å². The molecule has 26 heavy (non-hydrogen) atoms. The number of rotatable bonds is 1. The van der Waals surface area contributed by atoms with Crippen LogP contribution in [-0.2, 0) is 0 Å². The first-order valence-corrected chi connectivity index (χ1v) is 9.60. The highest BCUT2D eigenvalue weighted by Gasteiger charge is 2.12. The van der Waals surface area contributed by atoms with Gasteiger partial charge in [0, 0.05) is 0 Å². The number of benzene rings is 2. The van der Waals surface area contributed by atoms with E-state index in [1.807, 2.05) is 19.9 Å². The lowest BCUT2D eigenvalue weighted by atomic mass is 9.88. The zero-order valence-electron chi connectivity index (χ0n) is 17.3. The molecule has 136 valence electrons. The lowest BCUT2D eigenvalue weighted by Crippen LogP contribution is -2.49. The maximum Gasteiger partial charge on any atom is -0.00301 e. The zero-order valence-corrected chi connectivity index (χ0v) is 17.3. The molecule has 0 saturated heterocycles. The van der Waals surface area contributed by atoms with Gasteiger partial charge in [0.15, 0.2) is 0 Å². The Kier molecular flexibility index (Phi) is 6.08. The van der Waals surface area contributed by atoms with Gasteiger partial charge in [-0.25, -0.2) is 0 Å². The van der Waals surface area contributed by atoms with Crippen molar-refractivity contribution < 1.29 is 0 Å². The topological polar surface area (TPSA) is 0 Å². The fourth-order valence-electron chi connectivity index (χ4n) is 3.92. The third-order valence-electron chi connectivity index (χ3n) is 5.52. The van der Waals surface area contributed by atoms with Crippen LogP contribution in [0.25, 0.3) is 41.7 Å². The summed E-state index contributed by atoms with van der Waals surface area (Å²) < 4.78 is 0. The predicted molar refractivity (Wildman–Crippen MR) is 121 cm³/mol. The number of hydrogen-bond donors (Lipinski definition) is 0. The minimum absolute atomic E-state index is 0.555. The Morgan fingerprint density at radius 1 is 1.00 bits per heavy atom. The average Bonchev–Trinajstić information content (AvgIpc) is 2.63. The summed E-state index contributed by atoms with van der Waals surface area (Å²) >= 11 is 0. The van der Waals surface area contributed by atoms with Gasteiger partial charge in [-0.3, -0.25) is 0 Å². The van der Waals surface area contributed by atoms with Crippen LogP contribution in [0.2, 0.25) is 0 Å². The summed E-state index contributed by atoms with van der Waals surface area (Å²) in [4.78, 5) is 0. The number of aryl methyl sites for hydroxylation is 1. The van der Waals surface area contributed by atoms with Gasteiger partial charge in [0.05, 0.1) is 0 Å². The van der Waals surface area contributed by atoms with E-state index in [9.17, 15) is 0 Å². The monoisotopic (exact) mass is 344 g/mol. The molecule has 0 aliphatic heterocycles. The largest absolute Gasteiger partial charge is 0.0984 e. The standard InChI is InChI=1S/C24H26.C2H6/c1-8-20-15(3)10-12-22-18(6)23-17(5)13-16(4)14(2)9-11-21(23)19(7)24(20)22;1-2/h8-12,16H,1,6-7,13H2,2-5H3;1-2H3/b14-9-,21-11-,23-17+;. The first-order chi connectivity index (χ1) is 12.4. The molecule has 0 amide bonds. The Morgan fingerprint density at radius 3 is 2.27 bits per heavy atom. The van der Waals surface area contributed by atoms with Gasteiger partial charge < -0.3 is 0 Å². The smallest absolute Gasteiger partial charge is 0.00301 e. The van der Waals surface area contributed by atoms with Gasteiger partial charge in [0.2, 0.25) is 0 Å². The van der Waals surface area contributed by atoms with Gasteiger partial charge >= 0.3 is 0 Å². The fraction of sp³-hybridized carbons (Fsp3) is 0.308. The van der Waals surface area contributed by atoms with Crippen molar-refractivity contribution in [3.63, 3.8) is 0 Å². The average molecular weight is 345 g/mol. The molecule has 1 atom stereocenters. The molecule has 0 heterocycles. The highest BCUT2D eigenvalue weighted by atomic mass is 14.2. The Morgan fingerprint density at radius 2 is 1.65 bits per heavy atom. The van der Waals surface area contributed by atoms with Crippen molar-refractivity contribution in [2.45, 2.75) is 48.0 Å². The van der Waals surface area contributed by atoms with E-state index < -0.39 is 0 Å². The summed E-state index contributed by atoms with van der Waals surface area (Å²) in [6.07, 6.45) is 7.49. The van der Waals surface area contributed by atoms with Gasteiger partial charge in [0.1, 0.15) is 0 Å². The molecule has 0 bridgehead atoms. The van der Waals surface area contributed by atoms with Gasteiger partial charge in [-0.1, -0.05) is 82.0 Å². The molecule has 0 aromatic heterocycles. The van der Waals surface area contributed by atoms with Gasteiger partial charge in [-0.15, -0.1) is 0 Å². The van der Waals surface area contributed by atoms with E-state index in [1.54, 1.807) is 0 Å². The molecule has 2 aromatic rings. The van der Waals surface area contributed by atoms with E-state index >= 15 is 0 Å². The number of fused-ring (bicyclic) bond motifs is 2. The molecule has 0 heteroatoms. The molecule has 1 unspecified atom stereocenters. The highest BCUT2D eigenvalue weighted by Crippen LogP contribution is 2.20. The summed E-state index contributed by atoms with van der Waals surface area (Å²) in [5, 5.41) is 7.08. The van der Waals surface area contributed by atoms with Crippen LogP contribution in [0.3, 0.4) is 0 Å². The van der Waals surface area contributed by atoms with Crippen LogP contribution in [0.5, 0.6) is 0 Å². The summed E-state index contributed by atoms with van der Waals surface area (Å²) in [6, 6.07) is 4.35. The summed E-state index contributed by atoms with van der Waals surface area (Å²) in [7, 11) is 0. The van der Waals surface area contributed by atoms with Crippen LogP contribution in [-0.4, -0.2) is 0 Å². The van der Waals surface area contributed by atoms with Crippen molar-refractivity contribution >= 4 is 41.7 Å². The molecule has 0 fully saturated rings. The van der Waals surface area contributed by atoms with E-state index in [4.69, 9.17) is 0 Å². The van der Waals surface area contributed by atoms with Crippen molar-refractivity contribution in [1.82, 2.24) is 0 Å². The molecule has 3 rings (SSSR count). The molecule has 0 N–H and O–H groups in total. The van der Waals surface area contributed by atoms with Gasteiger partial charge in [0.25, 0.3) is 0 Å². The second-order valence-electron chi connectivity index (χ2n) is 7.13. The summed E-state index contributed by atoms with van der Waals surface area (Å²) in [6.45, 7) is 25.8. The molecular formula is C26H32. The summed E-state index contributed by atoms with van der Waals surface area (Å²) in [5.74, 6) is 0.555. The van der Waals surface area contributed by atoms with Crippen LogP contribution >= 0.6 is 0 Å². The van der Waals surface area contributed by atoms with E-state index in [2.05, 4.69) is 71.7 Å². The van der Waals surface area contributed by atoms with E-state index in [0.29, 0.717) is 5.92 Å². The third-order valence-corrected chi connectivity index (χ3v) is 5.52. The second kappa shape index (κ2) is 7.91. The molecule has 1 aliphatic rings. The Bertz CT molecular complexity index is 1110. The number of hydrogen-bond acceptors (Lipinski definition) is 0. The maximum atomic E-state index is 4.45. The molecular weight excluding hydrogens is 312 g/mol. The Balaban J connectivity index is 0.00000117. The highest BCUT2D eigenvalue weighted by molar-refractivity contribution is 5.93. The van der Waals surface area contributed by atoms with Crippen LogP contribution < -0.4 is 20.9 Å². The third kappa shape index (κ3) is 3.21. The second-order valence-corrected chi connectivity index (χ2v) is 7.13. The molecule has 0 spiro atoms. The molecule has 0 radical (unpaired) electrons. The van der Waals surface area contributed by atoms with Gasteiger partial charge in [-0.05, 0) is 75.9 Å². The Hall–Kier alpha value is -2.34. The van der Waals surface area contributed by atoms with E-state index in [1.165, 1.54) is 43.5 Å². The van der Waals surface area contributed by atoms with Gasteiger partial charge in [-0.2, -0.15) is 0 Å². The maximum absolute atomic E-state index is 4.45. The van der Waals surface area contributed by atoms with Crippen molar-refractivity contribution in [2.75, 3.05) is 0 Å².